The molecule has 4 heterocycles. The van der Waals surface area contributed by atoms with Gasteiger partial charge in [0.25, 0.3) is 5.91 Å². The molecule has 1 aromatic carbocycles. The van der Waals surface area contributed by atoms with E-state index in [1.807, 2.05) is 6.07 Å². The van der Waals surface area contributed by atoms with Crippen LogP contribution < -0.4 is 10.1 Å². The second-order valence-corrected chi connectivity index (χ2v) is 6.23. The molecule has 5 heteroatoms. The second-order valence-electron chi connectivity index (χ2n) is 6.23. The van der Waals surface area contributed by atoms with Crippen LogP contribution in [-0.4, -0.2) is 43.6 Å². The third-order valence-electron chi connectivity index (χ3n) is 4.99. The molecule has 1 unspecified atom stereocenters. The third-order valence-corrected chi connectivity index (χ3v) is 4.99. The molecular formula is C17H20N2O3. The first kappa shape index (κ1) is 13.6. The van der Waals surface area contributed by atoms with Crippen molar-refractivity contribution in [3.05, 3.63) is 30.0 Å². The molecule has 3 aliphatic rings. The molecule has 2 bridgehead atoms. The van der Waals surface area contributed by atoms with Gasteiger partial charge in [0.15, 0.2) is 0 Å². The summed E-state index contributed by atoms with van der Waals surface area (Å²) < 4.78 is 10.8. The van der Waals surface area contributed by atoms with Crippen LogP contribution in [0, 0.1) is 5.92 Å². The predicted molar refractivity (Wildman–Crippen MR) is 83.2 cm³/mol. The van der Waals surface area contributed by atoms with Crippen LogP contribution in [-0.2, 0) is 0 Å². The zero-order chi connectivity index (χ0) is 15.1. The Morgan fingerprint density at radius 2 is 2.18 bits per heavy atom. The molecule has 0 saturated carbocycles. The summed E-state index contributed by atoms with van der Waals surface area (Å²) in [7, 11) is 1.61. The van der Waals surface area contributed by atoms with E-state index in [9.17, 15) is 4.79 Å². The van der Waals surface area contributed by atoms with Gasteiger partial charge in [-0.3, -0.25) is 4.79 Å². The molecule has 5 nitrogen and oxygen atoms in total. The molecule has 22 heavy (non-hydrogen) atoms. The van der Waals surface area contributed by atoms with Crippen LogP contribution in [0.1, 0.15) is 23.2 Å². The van der Waals surface area contributed by atoms with E-state index in [0.717, 1.165) is 11.9 Å². The number of ether oxygens (including phenoxy) is 1. The van der Waals surface area contributed by atoms with E-state index in [0.29, 0.717) is 22.8 Å². The molecule has 3 fully saturated rings. The first-order valence-electron chi connectivity index (χ1n) is 7.83. The Bertz CT molecular complexity index is 701. The molecule has 0 spiro atoms. The molecule has 116 valence electrons. The van der Waals surface area contributed by atoms with Gasteiger partial charge in [-0.25, -0.2) is 0 Å². The number of fused-ring (bicyclic) bond motifs is 4. The second kappa shape index (κ2) is 5.32. The number of amides is 1. The quantitative estimate of drug-likeness (QED) is 0.945. The van der Waals surface area contributed by atoms with Crippen molar-refractivity contribution in [3.63, 3.8) is 0 Å². The molecule has 1 aromatic heterocycles. The lowest BCUT2D eigenvalue weighted by atomic mass is 9.84. The topological polar surface area (TPSA) is 54.7 Å². The third kappa shape index (κ3) is 2.25. The fraction of sp³-hybridized carbons (Fsp3) is 0.471. The van der Waals surface area contributed by atoms with Crippen molar-refractivity contribution in [2.75, 3.05) is 26.7 Å². The number of nitrogens with one attached hydrogen (secondary N) is 1. The Kier molecular flexibility index (Phi) is 3.30. The van der Waals surface area contributed by atoms with Gasteiger partial charge >= 0.3 is 0 Å². The van der Waals surface area contributed by atoms with Gasteiger partial charge in [-0.15, -0.1) is 0 Å². The van der Waals surface area contributed by atoms with Crippen molar-refractivity contribution in [1.29, 1.82) is 0 Å². The summed E-state index contributed by atoms with van der Waals surface area (Å²) in [4.78, 5) is 15.0. The standard InChI is InChI=1S/C17H20N2O3/c1-21-15-8-12(9-16-13(15)4-7-22-16)17(20)18-14-10-19-5-2-11(14)3-6-19/h4,7-9,11,14H,2-3,5-6,10H2,1H3,(H,18,20). The number of nitrogens with zero attached hydrogens (tertiary/aromatic N) is 1. The van der Waals surface area contributed by atoms with Gasteiger partial charge in [0.1, 0.15) is 11.3 Å². The lowest BCUT2D eigenvalue weighted by molar-refractivity contribution is 0.0620. The number of benzene rings is 1. The van der Waals surface area contributed by atoms with E-state index in [2.05, 4.69) is 10.2 Å². The number of hydrogen-bond donors (Lipinski definition) is 1. The first-order valence-corrected chi connectivity index (χ1v) is 7.83. The molecule has 3 saturated heterocycles. The van der Waals surface area contributed by atoms with Gasteiger partial charge < -0.3 is 19.4 Å². The van der Waals surface area contributed by atoms with E-state index in [1.165, 1.54) is 25.9 Å². The normalized spacial score (nSPS) is 27.0. The van der Waals surface area contributed by atoms with Crippen molar-refractivity contribution in [2.45, 2.75) is 18.9 Å². The maximum atomic E-state index is 12.6. The lowest BCUT2D eigenvalue weighted by Gasteiger charge is -2.44. The highest BCUT2D eigenvalue weighted by molar-refractivity contribution is 5.99. The molecule has 0 aliphatic carbocycles. The summed E-state index contributed by atoms with van der Waals surface area (Å²) in [5, 5.41) is 4.09. The number of methoxy groups -OCH3 is 1. The average molecular weight is 300 g/mol. The van der Waals surface area contributed by atoms with Crippen molar-refractivity contribution >= 4 is 16.9 Å². The number of piperidine rings is 3. The average Bonchev–Trinajstić information content (AvgIpc) is 3.03. The highest BCUT2D eigenvalue weighted by atomic mass is 16.5. The van der Waals surface area contributed by atoms with Crippen LogP contribution in [0.25, 0.3) is 11.0 Å². The Labute approximate surface area is 129 Å². The van der Waals surface area contributed by atoms with E-state index in [4.69, 9.17) is 9.15 Å². The van der Waals surface area contributed by atoms with Gasteiger partial charge in [-0.05, 0) is 50.0 Å². The van der Waals surface area contributed by atoms with E-state index < -0.39 is 0 Å². The van der Waals surface area contributed by atoms with Gasteiger partial charge in [-0.2, -0.15) is 0 Å². The fourth-order valence-electron chi connectivity index (χ4n) is 3.72. The zero-order valence-corrected chi connectivity index (χ0v) is 12.7. The lowest BCUT2D eigenvalue weighted by Crippen LogP contribution is -2.57. The number of furan rings is 1. The summed E-state index contributed by atoms with van der Waals surface area (Å²) in [6, 6.07) is 5.68. The van der Waals surface area contributed by atoms with Gasteiger partial charge in [0, 0.05) is 18.2 Å². The molecular weight excluding hydrogens is 280 g/mol. The largest absolute Gasteiger partial charge is 0.496 e. The molecule has 0 radical (unpaired) electrons. The highest BCUT2D eigenvalue weighted by Crippen LogP contribution is 2.30. The van der Waals surface area contributed by atoms with Gasteiger partial charge in [0.05, 0.1) is 18.8 Å². The van der Waals surface area contributed by atoms with Crippen LogP contribution in [0.3, 0.4) is 0 Å². The summed E-state index contributed by atoms with van der Waals surface area (Å²) in [5.74, 6) is 1.24. The minimum Gasteiger partial charge on any atom is -0.496 e. The number of hydrogen-bond acceptors (Lipinski definition) is 4. The smallest absolute Gasteiger partial charge is 0.251 e. The van der Waals surface area contributed by atoms with Crippen LogP contribution in [0.15, 0.2) is 28.9 Å². The van der Waals surface area contributed by atoms with Crippen LogP contribution in [0.5, 0.6) is 5.75 Å². The zero-order valence-electron chi connectivity index (χ0n) is 12.7. The fourth-order valence-corrected chi connectivity index (χ4v) is 3.72. The molecule has 2 aromatic rings. The highest BCUT2D eigenvalue weighted by Gasteiger charge is 2.35. The Hall–Kier alpha value is -2.01. The number of carbonyl (C=O) groups excluding carboxylic acids is 1. The first-order chi connectivity index (χ1) is 10.7. The molecule has 1 N–H and O–H groups in total. The summed E-state index contributed by atoms with van der Waals surface area (Å²) >= 11 is 0. The van der Waals surface area contributed by atoms with E-state index in [1.54, 1.807) is 25.5 Å². The van der Waals surface area contributed by atoms with Crippen LogP contribution in [0.2, 0.25) is 0 Å². The van der Waals surface area contributed by atoms with E-state index >= 15 is 0 Å². The van der Waals surface area contributed by atoms with Crippen LogP contribution in [0.4, 0.5) is 0 Å². The molecule has 3 aliphatic heterocycles. The summed E-state index contributed by atoms with van der Waals surface area (Å²) in [5.41, 5.74) is 1.27. The van der Waals surface area contributed by atoms with Gasteiger partial charge in [0.2, 0.25) is 0 Å². The monoisotopic (exact) mass is 300 g/mol. The minimum absolute atomic E-state index is 0.0460. The van der Waals surface area contributed by atoms with Crippen molar-refractivity contribution < 1.29 is 13.9 Å². The Morgan fingerprint density at radius 1 is 1.36 bits per heavy atom. The van der Waals surface area contributed by atoms with Crippen molar-refractivity contribution in [3.8, 4) is 5.75 Å². The maximum absolute atomic E-state index is 12.6. The Balaban J connectivity index is 1.57. The van der Waals surface area contributed by atoms with Gasteiger partial charge in [-0.1, -0.05) is 0 Å². The van der Waals surface area contributed by atoms with E-state index in [-0.39, 0.29) is 11.9 Å². The Morgan fingerprint density at radius 3 is 2.86 bits per heavy atom. The minimum atomic E-state index is -0.0460. The SMILES string of the molecule is COc1cc(C(=O)NC2CN3CCC2CC3)cc2occc12. The van der Waals surface area contributed by atoms with Crippen LogP contribution >= 0.6 is 0 Å². The summed E-state index contributed by atoms with van der Waals surface area (Å²) in [6.07, 6.45) is 3.99. The molecule has 1 atom stereocenters. The molecule has 1 amide bonds. The number of rotatable bonds is 3. The van der Waals surface area contributed by atoms with Crippen molar-refractivity contribution in [1.82, 2.24) is 10.2 Å². The summed E-state index contributed by atoms with van der Waals surface area (Å²) in [6.45, 7) is 3.31. The number of carbonyl (C=O) groups is 1. The van der Waals surface area contributed by atoms with Crippen molar-refractivity contribution in [2.24, 2.45) is 5.92 Å². The molecule has 5 rings (SSSR count). The maximum Gasteiger partial charge on any atom is 0.251 e. The predicted octanol–water partition coefficient (Wildman–Crippen LogP) is 2.27.